The molecule has 3 heterocycles. The van der Waals surface area contributed by atoms with Crippen LogP contribution in [-0.2, 0) is 22.7 Å². The molecule has 0 bridgehead atoms. The number of carbonyl (C=O) groups excluding carboxylic acids is 2. The number of aromatic nitrogens is 4. The lowest BCUT2D eigenvalue weighted by molar-refractivity contribution is -0.143. The first-order chi connectivity index (χ1) is 19.0. The molecule has 5 rings (SSSR count). The summed E-state index contributed by atoms with van der Waals surface area (Å²) in [6.07, 6.45) is 6.67. The molecule has 0 spiro atoms. The maximum atomic E-state index is 13.8. The largest absolute Gasteiger partial charge is 0.497 e. The van der Waals surface area contributed by atoms with Crippen LogP contribution >= 0.6 is 0 Å². The van der Waals surface area contributed by atoms with Gasteiger partial charge in [-0.05, 0) is 73.5 Å². The summed E-state index contributed by atoms with van der Waals surface area (Å²) >= 11 is 0. The second-order valence-corrected chi connectivity index (χ2v) is 9.67. The smallest absolute Gasteiger partial charge is 0.250 e. The van der Waals surface area contributed by atoms with E-state index in [1.54, 1.807) is 50.4 Å². The molecule has 0 radical (unpaired) electrons. The van der Waals surface area contributed by atoms with Crippen LogP contribution in [0.2, 0.25) is 0 Å². The van der Waals surface area contributed by atoms with Gasteiger partial charge in [-0.1, -0.05) is 19.3 Å². The quantitative estimate of drug-likeness (QED) is 0.324. The molecule has 11 heteroatoms. The lowest BCUT2D eigenvalue weighted by Crippen LogP contribution is -2.47. The van der Waals surface area contributed by atoms with E-state index in [0.29, 0.717) is 28.9 Å². The third-order valence-corrected chi connectivity index (χ3v) is 6.85. The Morgan fingerprint density at radius 2 is 1.92 bits per heavy atom. The van der Waals surface area contributed by atoms with Gasteiger partial charge in [0, 0.05) is 11.6 Å². The minimum atomic E-state index is -0.997. The molecule has 39 heavy (non-hydrogen) atoms. The van der Waals surface area contributed by atoms with Gasteiger partial charge in [-0.3, -0.25) is 9.59 Å². The predicted octanol–water partition coefficient (Wildman–Crippen LogP) is 4.06. The van der Waals surface area contributed by atoms with E-state index in [2.05, 4.69) is 20.7 Å². The Labute approximate surface area is 226 Å². The summed E-state index contributed by atoms with van der Waals surface area (Å²) in [6.45, 7) is 1.64. The summed E-state index contributed by atoms with van der Waals surface area (Å²) < 4.78 is 16.6. The van der Waals surface area contributed by atoms with Gasteiger partial charge < -0.3 is 23.8 Å². The summed E-state index contributed by atoms with van der Waals surface area (Å²) in [5.41, 5.74) is 0.734. The van der Waals surface area contributed by atoms with E-state index in [0.717, 1.165) is 31.2 Å². The Bertz CT molecular complexity index is 1370. The number of amides is 2. The Hall–Kier alpha value is -4.41. The molecule has 204 valence electrons. The zero-order valence-corrected chi connectivity index (χ0v) is 22.1. The van der Waals surface area contributed by atoms with E-state index in [4.69, 9.17) is 13.6 Å². The fourth-order valence-corrected chi connectivity index (χ4v) is 4.82. The monoisotopic (exact) mass is 532 g/mol. The molecule has 4 aromatic rings. The lowest BCUT2D eigenvalue weighted by Gasteiger charge is -2.31. The predicted molar refractivity (Wildman–Crippen MR) is 140 cm³/mol. The van der Waals surface area contributed by atoms with Gasteiger partial charge in [0.15, 0.2) is 6.04 Å². The number of nitrogens with zero attached hydrogens (tertiary/aromatic N) is 5. The zero-order valence-electron chi connectivity index (χ0n) is 22.1. The number of methoxy groups -OCH3 is 1. The number of ether oxygens (including phenoxy) is 1. The molecule has 1 aromatic carbocycles. The van der Waals surface area contributed by atoms with Crippen LogP contribution in [0.1, 0.15) is 55.4 Å². The fourth-order valence-electron chi connectivity index (χ4n) is 4.82. The highest BCUT2D eigenvalue weighted by Gasteiger charge is 2.36. The number of carbonyl (C=O) groups is 2. The zero-order chi connectivity index (χ0) is 27.2. The van der Waals surface area contributed by atoms with Gasteiger partial charge in [0.25, 0.3) is 5.91 Å². The first-order valence-electron chi connectivity index (χ1n) is 13.1. The third-order valence-electron chi connectivity index (χ3n) is 6.85. The van der Waals surface area contributed by atoms with Gasteiger partial charge >= 0.3 is 0 Å². The Morgan fingerprint density at radius 3 is 2.59 bits per heavy atom. The summed E-state index contributed by atoms with van der Waals surface area (Å²) in [6, 6.07) is 13.3. The molecule has 1 atom stereocenters. The van der Waals surface area contributed by atoms with Crippen LogP contribution in [0, 0.1) is 6.92 Å². The van der Waals surface area contributed by atoms with Crippen molar-refractivity contribution >= 4 is 11.8 Å². The molecule has 1 fully saturated rings. The molecule has 2 amide bonds. The Balaban J connectivity index is 1.41. The molecule has 1 N–H and O–H groups in total. The van der Waals surface area contributed by atoms with Crippen LogP contribution in [-0.4, -0.2) is 50.1 Å². The van der Waals surface area contributed by atoms with Crippen LogP contribution in [0.4, 0.5) is 0 Å². The molecule has 1 aliphatic carbocycles. The van der Waals surface area contributed by atoms with E-state index < -0.39 is 6.04 Å². The van der Waals surface area contributed by atoms with Crippen LogP contribution in [0.3, 0.4) is 0 Å². The summed E-state index contributed by atoms with van der Waals surface area (Å²) in [7, 11) is 1.59. The fraction of sp³-hybridized carbons (Fsp3) is 0.393. The number of rotatable bonds is 10. The van der Waals surface area contributed by atoms with Crippen molar-refractivity contribution in [2.24, 2.45) is 0 Å². The van der Waals surface area contributed by atoms with E-state index >= 15 is 0 Å². The minimum absolute atomic E-state index is 0.0639. The maximum absolute atomic E-state index is 13.8. The number of nitrogens with one attached hydrogen (secondary N) is 1. The molecule has 3 aromatic heterocycles. The Kier molecular flexibility index (Phi) is 8.04. The van der Waals surface area contributed by atoms with E-state index in [9.17, 15) is 9.59 Å². The van der Waals surface area contributed by atoms with Crippen molar-refractivity contribution < 1.29 is 23.2 Å². The standard InChI is InChI=1S/C28H32N6O5/c1-19-10-15-24(39-19)26(28(36)29-21-7-4-3-5-8-21)33(17-23-9-6-16-38-23)25(35)18-34-31-27(30-32-34)20-11-13-22(37-2)14-12-20/h6,9-16,21,26H,3-5,7-8,17-18H2,1-2H3,(H,29,36). The average Bonchev–Trinajstić information content (AvgIpc) is 3.72. The van der Waals surface area contributed by atoms with Crippen LogP contribution in [0.15, 0.2) is 63.6 Å². The van der Waals surface area contributed by atoms with E-state index in [-0.39, 0.29) is 30.9 Å². The topological polar surface area (TPSA) is 129 Å². The van der Waals surface area contributed by atoms with Gasteiger partial charge in [-0.15, -0.1) is 10.2 Å². The first-order valence-corrected chi connectivity index (χ1v) is 13.1. The molecule has 11 nitrogen and oxygen atoms in total. The number of hydrogen-bond acceptors (Lipinski definition) is 8. The highest BCUT2D eigenvalue weighted by molar-refractivity contribution is 5.88. The van der Waals surface area contributed by atoms with Crippen LogP contribution in [0.5, 0.6) is 5.75 Å². The number of benzene rings is 1. The van der Waals surface area contributed by atoms with E-state index in [1.807, 2.05) is 12.1 Å². The summed E-state index contributed by atoms with van der Waals surface area (Å²) in [5.74, 6) is 1.97. The summed E-state index contributed by atoms with van der Waals surface area (Å²) in [5, 5.41) is 15.7. The van der Waals surface area contributed by atoms with Crippen molar-refractivity contribution in [3.05, 3.63) is 72.1 Å². The first kappa shape index (κ1) is 26.2. The number of hydrogen-bond donors (Lipinski definition) is 1. The van der Waals surface area contributed by atoms with Gasteiger partial charge in [0.2, 0.25) is 11.7 Å². The number of furan rings is 2. The molecule has 1 unspecified atom stereocenters. The van der Waals surface area contributed by atoms with Gasteiger partial charge in [0.1, 0.15) is 29.6 Å². The lowest BCUT2D eigenvalue weighted by atomic mass is 9.95. The van der Waals surface area contributed by atoms with Gasteiger partial charge in [-0.2, -0.15) is 4.80 Å². The van der Waals surface area contributed by atoms with Crippen molar-refractivity contribution in [2.75, 3.05) is 7.11 Å². The molecule has 1 aliphatic rings. The van der Waals surface area contributed by atoms with Crippen molar-refractivity contribution in [3.63, 3.8) is 0 Å². The van der Waals surface area contributed by atoms with Crippen LogP contribution in [0.25, 0.3) is 11.4 Å². The second kappa shape index (κ2) is 12.0. The molecule has 0 saturated heterocycles. The van der Waals surface area contributed by atoms with Gasteiger partial charge in [0.05, 0.1) is 19.9 Å². The van der Waals surface area contributed by atoms with Crippen molar-refractivity contribution in [2.45, 2.75) is 64.2 Å². The second-order valence-electron chi connectivity index (χ2n) is 9.67. The van der Waals surface area contributed by atoms with Gasteiger partial charge in [-0.25, -0.2) is 0 Å². The highest BCUT2D eigenvalue weighted by atomic mass is 16.5. The van der Waals surface area contributed by atoms with Crippen molar-refractivity contribution in [1.29, 1.82) is 0 Å². The van der Waals surface area contributed by atoms with Crippen LogP contribution < -0.4 is 10.1 Å². The molecule has 1 saturated carbocycles. The number of tetrazole rings is 1. The highest BCUT2D eigenvalue weighted by Crippen LogP contribution is 2.28. The number of aryl methyl sites for hydroxylation is 1. The molecular weight excluding hydrogens is 500 g/mol. The Morgan fingerprint density at radius 1 is 1.13 bits per heavy atom. The van der Waals surface area contributed by atoms with E-state index in [1.165, 1.54) is 22.4 Å². The normalized spacial score (nSPS) is 14.6. The minimum Gasteiger partial charge on any atom is -0.497 e. The maximum Gasteiger partial charge on any atom is 0.250 e. The summed E-state index contributed by atoms with van der Waals surface area (Å²) in [4.78, 5) is 30.2. The molecule has 0 aliphatic heterocycles. The van der Waals surface area contributed by atoms with Crippen molar-refractivity contribution in [1.82, 2.24) is 30.4 Å². The average molecular weight is 533 g/mol. The molecular formula is C28H32N6O5. The van der Waals surface area contributed by atoms with Crippen molar-refractivity contribution in [3.8, 4) is 17.1 Å². The third kappa shape index (κ3) is 6.36. The SMILES string of the molecule is COc1ccc(-c2nnn(CC(=O)N(Cc3ccco3)C(C(=O)NC3CCCCC3)c3ccc(C)o3)n2)cc1.